The van der Waals surface area contributed by atoms with E-state index in [1.165, 1.54) is 16.8 Å². The Balaban J connectivity index is 2.03. The number of hydrogen-bond donors (Lipinski definition) is 2. The molecular formula is C14H19NO2. The summed E-state index contributed by atoms with van der Waals surface area (Å²) in [5.41, 5.74) is 3.75. The monoisotopic (exact) mass is 233 g/mol. The van der Waals surface area contributed by atoms with Gasteiger partial charge in [-0.05, 0) is 37.3 Å². The van der Waals surface area contributed by atoms with Crippen molar-refractivity contribution < 1.29 is 9.90 Å². The number of rotatable bonds is 4. The number of carboxylic acids is 1. The molecule has 1 aromatic carbocycles. The summed E-state index contributed by atoms with van der Waals surface area (Å²) in [5, 5.41) is 12.3. The van der Waals surface area contributed by atoms with Gasteiger partial charge in [0.15, 0.2) is 0 Å². The first-order valence-corrected chi connectivity index (χ1v) is 6.19. The number of nitrogens with one attached hydrogen (secondary N) is 1. The molecule has 0 amide bonds. The topological polar surface area (TPSA) is 49.3 Å². The van der Waals surface area contributed by atoms with Crippen molar-refractivity contribution >= 4 is 11.7 Å². The molecule has 1 aliphatic rings. The van der Waals surface area contributed by atoms with E-state index in [1.54, 1.807) is 0 Å². The molecule has 1 aromatic rings. The molecule has 1 saturated carbocycles. The second-order valence-corrected chi connectivity index (χ2v) is 4.81. The molecule has 92 valence electrons. The van der Waals surface area contributed by atoms with Crippen LogP contribution in [-0.4, -0.2) is 17.1 Å². The molecule has 0 aromatic heterocycles. The Hall–Kier alpha value is -1.51. The molecule has 17 heavy (non-hydrogen) atoms. The molecule has 2 rings (SSSR count). The van der Waals surface area contributed by atoms with Crippen LogP contribution in [0.3, 0.4) is 0 Å². The van der Waals surface area contributed by atoms with Gasteiger partial charge in [-0.2, -0.15) is 0 Å². The van der Waals surface area contributed by atoms with Gasteiger partial charge in [-0.15, -0.1) is 0 Å². The van der Waals surface area contributed by atoms with E-state index in [9.17, 15) is 4.79 Å². The summed E-state index contributed by atoms with van der Waals surface area (Å²) < 4.78 is 0. The van der Waals surface area contributed by atoms with Crippen LogP contribution in [0.15, 0.2) is 18.2 Å². The van der Waals surface area contributed by atoms with Crippen molar-refractivity contribution in [2.75, 3.05) is 5.32 Å². The number of carbonyl (C=O) groups is 1. The van der Waals surface area contributed by atoms with E-state index < -0.39 is 5.97 Å². The molecule has 2 N–H and O–H groups in total. The van der Waals surface area contributed by atoms with Gasteiger partial charge in [0.05, 0.1) is 5.92 Å². The zero-order valence-electron chi connectivity index (χ0n) is 10.4. The van der Waals surface area contributed by atoms with Crippen LogP contribution in [0.2, 0.25) is 0 Å². The Morgan fingerprint density at radius 3 is 2.76 bits per heavy atom. The number of anilines is 1. The van der Waals surface area contributed by atoms with Gasteiger partial charge < -0.3 is 10.4 Å². The Morgan fingerprint density at radius 2 is 2.18 bits per heavy atom. The maximum Gasteiger partial charge on any atom is 0.306 e. The number of hydrogen-bond acceptors (Lipinski definition) is 2. The molecule has 0 atom stereocenters. The molecule has 0 saturated heterocycles. The number of benzene rings is 1. The van der Waals surface area contributed by atoms with E-state index in [4.69, 9.17) is 5.11 Å². The van der Waals surface area contributed by atoms with E-state index in [-0.39, 0.29) is 5.92 Å². The summed E-state index contributed by atoms with van der Waals surface area (Å²) in [6.45, 7) is 4.23. The lowest BCUT2D eigenvalue weighted by atomic mass is 9.80. The molecule has 0 spiro atoms. The third-order valence-electron chi connectivity index (χ3n) is 3.58. The fourth-order valence-corrected chi connectivity index (χ4v) is 2.37. The number of aryl methyl sites for hydroxylation is 2. The minimum atomic E-state index is -0.663. The Morgan fingerprint density at radius 1 is 1.47 bits per heavy atom. The maximum atomic E-state index is 10.7. The van der Waals surface area contributed by atoms with E-state index in [1.807, 2.05) is 0 Å². The van der Waals surface area contributed by atoms with Gasteiger partial charge in [-0.1, -0.05) is 25.1 Å². The molecule has 1 fully saturated rings. The van der Waals surface area contributed by atoms with E-state index >= 15 is 0 Å². The van der Waals surface area contributed by atoms with E-state index in [2.05, 4.69) is 37.4 Å². The van der Waals surface area contributed by atoms with Crippen LogP contribution >= 0.6 is 0 Å². The summed E-state index contributed by atoms with van der Waals surface area (Å²) in [6.07, 6.45) is 2.48. The highest BCUT2D eigenvalue weighted by atomic mass is 16.4. The van der Waals surface area contributed by atoms with Crippen molar-refractivity contribution in [1.82, 2.24) is 0 Å². The van der Waals surface area contributed by atoms with Gasteiger partial charge >= 0.3 is 5.97 Å². The molecule has 0 bridgehead atoms. The Bertz CT molecular complexity index is 422. The minimum absolute atomic E-state index is 0.151. The highest BCUT2D eigenvalue weighted by Crippen LogP contribution is 2.32. The van der Waals surface area contributed by atoms with Crippen molar-refractivity contribution in [2.24, 2.45) is 5.92 Å². The number of aliphatic carboxylic acids is 1. The van der Waals surface area contributed by atoms with Crippen molar-refractivity contribution in [3.63, 3.8) is 0 Å². The van der Waals surface area contributed by atoms with Gasteiger partial charge in [0, 0.05) is 11.7 Å². The third-order valence-corrected chi connectivity index (χ3v) is 3.58. The molecule has 0 aliphatic heterocycles. The van der Waals surface area contributed by atoms with E-state index in [0.717, 1.165) is 19.3 Å². The number of carboxylic acid groups (broad SMARTS) is 1. The van der Waals surface area contributed by atoms with Crippen LogP contribution in [0.5, 0.6) is 0 Å². The summed E-state index contributed by atoms with van der Waals surface area (Å²) in [5.74, 6) is -0.815. The summed E-state index contributed by atoms with van der Waals surface area (Å²) in [6, 6.07) is 6.61. The molecule has 0 heterocycles. The number of para-hydroxylation sites is 1. The van der Waals surface area contributed by atoms with Crippen LogP contribution in [-0.2, 0) is 11.2 Å². The third kappa shape index (κ3) is 2.43. The lowest BCUT2D eigenvalue weighted by Gasteiger charge is -2.34. The Kier molecular flexibility index (Phi) is 3.36. The first kappa shape index (κ1) is 12.0. The largest absolute Gasteiger partial charge is 0.481 e. The average molecular weight is 233 g/mol. The van der Waals surface area contributed by atoms with Crippen molar-refractivity contribution in [1.29, 1.82) is 0 Å². The second-order valence-electron chi connectivity index (χ2n) is 4.81. The van der Waals surface area contributed by atoms with Gasteiger partial charge in [0.1, 0.15) is 0 Å². The second kappa shape index (κ2) is 4.78. The molecule has 0 radical (unpaired) electrons. The van der Waals surface area contributed by atoms with Crippen molar-refractivity contribution in [3.05, 3.63) is 29.3 Å². The molecule has 3 nitrogen and oxygen atoms in total. The highest BCUT2D eigenvalue weighted by molar-refractivity contribution is 5.72. The van der Waals surface area contributed by atoms with Crippen LogP contribution in [0.1, 0.15) is 30.9 Å². The first-order chi connectivity index (χ1) is 8.11. The van der Waals surface area contributed by atoms with Gasteiger partial charge in [-0.25, -0.2) is 0 Å². The summed E-state index contributed by atoms with van der Waals surface area (Å²) in [4.78, 5) is 10.7. The summed E-state index contributed by atoms with van der Waals surface area (Å²) >= 11 is 0. The highest BCUT2D eigenvalue weighted by Gasteiger charge is 2.34. The predicted octanol–water partition coefficient (Wildman–Crippen LogP) is 2.83. The quantitative estimate of drug-likeness (QED) is 0.840. The first-order valence-electron chi connectivity index (χ1n) is 6.19. The molecule has 1 aliphatic carbocycles. The van der Waals surface area contributed by atoms with Crippen LogP contribution in [0.4, 0.5) is 5.69 Å². The van der Waals surface area contributed by atoms with E-state index in [0.29, 0.717) is 6.04 Å². The zero-order chi connectivity index (χ0) is 12.4. The minimum Gasteiger partial charge on any atom is -0.481 e. The maximum absolute atomic E-state index is 10.7. The van der Waals surface area contributed by atoms with Gasteiger partial charge in [0.25, 0.3) is 0 Å². The molecule has 3 heteroatoms. The van der Waals surface area contributed by atoms with Crippen LogP contribution < -0.4 is 5.32 Å². The SMILES string of the molecule is CCc1cccc(C)c1NC1CC(C(=O)O)C1. The normalized spacial score (nSPS) is 22.9. The molecule has 0 unspecified atom stereocenters. The molecular weight excluding hydrogens is 214 g/mol. The van der Waals surface area contributed by atoms with Crippen molar-refractivity contribution in [2.45, 2.75) is 39.2 Å². The zero-order valence-corrected chi connectivity index (χ0v) is 10.4. The van der Waals surface area contributed by atoms with Gasteiger partial charge in [-0.3, -0.25) is 4.79 Å². The Labute approximate surface area is 102 Å². The lowest BCUT2D eigenvalue weighted by molar-refractivity contribution is -0.144. The lowest BCUT2D eigenvalue weighted by Crippen LogP contribution is -2.39. The standard InChI is InChI=1S/C14H19NO2/c1-3-10-6-4-5-9(2)13(10)15-12-7-11(8-12)14(16)17/h4-6,11-12,15H,3,7-8H2,1-2H3,(H,16,17). The predicted molar refractivity (Wildman–Crippen MR) is 68.3 cm³/mol. The fraction of sp³-hybridized carbons (Fsp3) is 0.500. The van der Waals surface area contributed by atoms with Crippen LogP contribution in [0, 0.1) is 12.8 Å². The fourth-order valence-electron chi connectivity index (χ4n) is 2.37. The average Bonchev–Trinajstić information content (AvgIpc) is 2.23. The summed E-state index contributed by atoms with van der Waals surface area (Å²) in [7, 11) is 0. The van der Waals surface area contributed by atoms with Gasteiger partial charge in [0.2, 0.25) is 0 Å². The van der Waals surface area contributed by atoms with Crippen LogP contribution in [0.25, 0.3) is 0 Å². The van der Waals surface area contributed by atoms with Crippen molar-refractivity contribution in [3.8, 4) is 0 Å². The smallest absolute Gasteiger partial charge is 0.306 e.